The molecule has 0 aromatic heterocycles. The highest BCUT2D eigenvalue weighted by atomic mass is 32.2. The lowest BCUT2D eigenvalue weighted by atomic mass is 10.2. The Morgan fingerprint density at radius 1 is 1.29 bits per heavy atom. The minimum atomic E-state index is -3.42. The Labute approximate surface area is 128 Å². The summed E-state index contributed by atoms with van der Waals surface area (Å²) in [6, 6.07) is 7.49. The van der Waals surface area contributed by atoms with E-state index in [-0.39, 0.29) is 0 Å². The van der Waals surface area contributed by atoms with Crippen LogP contribution in [0.4, 0.5) is 0 Å². The predicted molar refractivity (Wildman–Crippen MR) is 86.8 cm³/mol. The van der Waals surface area contributed by atoms with Crippen LogP contribution in [0.2, 0.25) is 0 Å². The van der Waals surface area contributed by atoms with Gasteiger partial charge in [0.2, 0.25) is 10.0 Å². The van der Waals surface area contributed by atoms with E-state index in [1.54, 1.807) is 18.2 Å². The van der Waals surface area contributed by atoms with E-state index in [1.165, 1.54) is 0 Å². The van der Waals surface area contributed by atoms with Gasteiger partial charge in [0.15, 0.2) is 0 Å². The maximum atomic E-state index is 12.2. The summed E-state index contributed by atoms with van der Waals surface area (Å²) in [5.41, 5.74) is 0.958. The molecule has 21 heavy (non-hydrogen) atoms. The molecule has 1 aromatic carbocycles. The fourth-order valence-corrected chi connectivity index (χ4v) is 3.05. The van der Waals surface area contributed by atoms with Crippen molar-refractivity contribution in [2.45, 2.75) is 37.8 Å². The number of benzene rings is 1. The number of hydrogen-bond donors (Lipinski definition) is 2. The van der Waals surface area contributed by atoms with Crippen molar-refractivity contribution in [1.82, 2.24) is 14.9 Å². The van der Waals surface area contributed by atoms with Gasteiger partial charge >= 0.3 is 0 Å². The molecule has 0 atom stereocenters. The Balaban J connectivity index is 2.55. The van der Waals surface area contributed by atoms with Crippen LogP contribution in [0.5, 0.6) is 0 Å². The van der Waals surface area contributed by atoms with Crippen LogP contribution in [0.3, 0.4) is 0 Å². The molecule has 0 amide bonds. The minimum Gasteiger partial charge on any atom is -0.316 e. The molecule has 0 bridgehead atoms. The molecule has 0 unspecified atom stereocenters. The van der Waals surface area contributed by atoms with Gasteiger partial charge in [0, 0.05) is 19.1 Å². The normalized spacial score (nSPS) is 12.3. The zero-order valence-corrected chi connectivity index (χ0v) is 14.2. The summed E-state index contributed by atoms with van der Waals surface area (Å²) in [4.78, 5) is 2.52. The Hall–Kier alpha value is -0.950. The third-order valence-corrected chi connectivity index (χ3v) is 4.91. The van der Waals surface area contributed by atoms with Crippen LogP contribution in [0, 0.1) is 0 Å². The number of sulfonamides is 1. The standard InChI is InChI=1S/C15H27N3O2S/c1-13(2)18(4)10-6-9-17-21(19,20)15-8-5-7-14(11-15)12-16-3/h5,7-8,11,13,16-17H,6,9-10,12H2,1-4H3. The average molecular weight is 313 g/mol. The molecular weight excluding hydrogens is 286 g/mol. The van der Waals surface area contributed by atoms with Crippen molar-refractivity contribution in [1.29, 1.82) is 0 Å². The van der Waals surface area contributed by atoms with Gasteiger partial charge in [-0.15, -0.1) is 0 Å². The summed E-state index contributed by atoms with van der Waals surface area (Å²) in [7, 11) is 0.464. The molecule has 6 heteroatoms. The highest BCUT2D eigenvalue weighted by Gasteiger charge is 2.13. The van der Waals surface area contributed by atoms with Crippen LogP contribution in [0.15, 0.2) is 29.2 Å². The van der Waals surface area contributed by atoms with E-state index < -0.39 is 10.0 Å². The number of nitrogens with zero attached hydrogens (tertiary/aromatic N) is 1. The summed E-state index contributed by atoms with van der Waals surface area (Å²) in [6.45, 7) is 6.23. The monoisotopic (exact) mass is 313 g/mol. The molecule has 1 aromatic rings. The highest BCUT2D eigenvalue weighted by Crippen LogP contribution is 2.11. The topological polar surface area (TPSA) is 61.4 Å². The van der Waals surface area contributed by atoms with Gasteiger partial charge in [-0.3, -0.25) is 0 Å². The van der Waals surface area contributed by atoms with Crippen molar-refractivity contribution >= 4 is 10.0 Å². The number of rotatable bonds is 9. The summed E-state index contributed by atoms with van der Waals surface area (Å²) >= 11 is 0. The molecule has 0 radical (unpaired) electrons. The summed E-state index contributed by atoms with van der Waals surface area (Å²) in [5.74, 6) is 0. The van der Waals surface area contributed by atoms with Crippen molar-refractivity contribution in [3.63, 3.8) is 0 Å². The zero-order chi connectivity index (χ0) is 15.9. The Bertz CT molecular complexity index is 529. The molecule has 0 aliphatic heterocycles. The fourth-order valence-electron chi connectivity index (χ4n) is 1.90. The summed E-state index contributed by atoms with van der Waals surface area (Å²) < 4.78 is 27.1. The van der Waals surface area contributed by atoms with Crippen molar-refractivity contribution in [3.05, 3.63) is 29.8 Å². The van der Waals surface area contributed by atoms with E-state index >= 15 is 0 Å². The van der Waals surface area contributed by atoms with Crippen LogP contribution in [0.1, 0.15) is 25.8 Å². The molecule has 2 N–H and O–H groups in total. The van der Waals surface area contributed by atoms with E-state index in [4.69, 9.17) is 0 Å². The number of hydrogen-bond acceptors (Lipinski definition) is 4. The lowest BCUT2D eigenvalue weighted by Crippen LogP contribution is -2.31. The van der Waals surface area contributed by atoms with Gasteiger partial charge in [-0.2, -0.15) is 0 Å². The second-order valence-corrected chi connectivity index (χ2v) is 7.27. The number of nitrogens with one attached hydrogen (secondary N) is 2. The SMILES string of the molecule is CNCc1cccc(S(=O)(=O)NCCCN(C)C(C)C)c1. The molecule has 0 saturated heterocycles. The fraction of sp³-hybridized carbons (Fsp3) is 0.600. The summed E-state index contributed by atoms with van der Waals surface area (Å²) in [5, 5.41) is 3.02. The quantitative estimate of drug-likeness (QED) is 0.677. The van der Waals surface area contributed by atoms with Crippen LogP contribution >= 0.6 is 0 Å². The van der Waals surface area contributed by atoms with Crippen LogP contribution in [-0.2, 0) is 16.6 Å². The first-order valence-electron chi connectivity index (χ1n) is 7.30. The first kappa shape index (κ1) is 18.1. The van der Waals surface area contributed by atoms with E-state index in [1.807, 2.05) is 20.2 Å². The molecule has 0 fully saturated rings. The second kappa shape index (κ2) is 8.48. The molecule has 1 rings (SSSR count). The van der Waals surface area contributed by atoms with Gasteiger partial charge < -0.3 is 10.2 Å². The van der Waals surface area contributed by atoms with Crippen LogP contribution in [-0.4, -0.2) is 46.5 Å². The van der Waals surface area contributed by atoms with Crippen LogP contribution < -0.4 is 10.0 Å². The smallest absolute Gasteiger partial charge is 0.240 e. The molecule has 0 aliphatic carbocycles. The molecule has 120 valence electrons. The van der Waals surface area contributed by atoms with Crippen LogP contribution in [0.25, 0.3) is 0 Å². The van der Waals surface area contributed by atoms with Crippen molar-refractivity contribution in [3.8, 4) is 0 Å². The first-order valence-corrected chi connectivity index (χ1v) is 8.78. The second-order valence-electron chi connectivity index (χ2n) is 5.50. The maximum Gasteiger partial charge on any atom is 0.240 e. The maximum absolute atomic E-state index is 12.2. The van der Waals surface area contributed by atoms with Gasteiger partial charge in [-0.1, -0.05) is 12.1 Å². The highest BCUT2D eigenvalue weighted by molar-refractivity contribution is 7.89. The van der Waals surface area contributed by atoms with E-state index in [9.17, 15) is 8.42 Å². The van der Waals surface area contributed by atoms with Gasteiger partial charge in [-0.05, 0) is 58.6 Å². The van der Waals surface area contributed by atoms with Crippen molar-refractivity contribution in [2.75, 3.05) is 27.2 Å². The average Bonchev–Trinajstić information content (AvgIpc) is 2.44. The lowest BCUT2D eigenvalue weighted by Gasteiger charge is -2.20. The molecule has 0 spiro atoms. The van der Waals surface area contributed by atoms with Crippen molar-refractivity contribution < 1.29 is 8.42 Å². The van der Waals surface area contributed by atoms with Gasteiger partial charge in [0.25, 0.3) is 0 Å². The first-order chi connectivity index (χ1) is 9.86. The molecule has 0 heterocycles. The van der Waals surface area contributed by atoms with E-state index in [0.29, 0.717) is 24.0 Å². The van der Waals surface area contributed by atoms with Crippen molar-refractivity contribution in [2.24, 2.45) is 0 Å². The van der Waals surface area contributed by atoms with Gasteiger partial charge in [0.1, 0.15) is 0 Å². The lowest BCUT2D eigenvalue weighted by molar-refractivity contribution is 0.271. The third kappa shape index (κ3) is 6.13. The van der Waals surface area contributed by atoms with E-state index in [0.717, 1.165) is 18.5 Å². The van der Waals surface area contributed by atoms with Gasteiger partial charge in [0.05, 0.1) is 4.90 Å². The minimum absolute atomic E-state index is 0.326. The predicted octanol–water partition coefficient (Wildman–Crippen LogP) is 1.41. The summed E-state index contributed by atoms with van der Waals surface area (Å²) in [6.07, 6.45) is 0.796. The molecule has 5 nitrogen and oxygen atoms in total. The molecule has 0 aliphatic rings. The zero-order valence-electron chi connectivity index (χ0n) is 13.4. The largest absolute Gasteiger partial charge is 0.316 e. The van der Waals surface area contributed by atoms with E-state index in [2.05, 4.69) is 28.8 Å². The third-order valence-electron chi connectivity index (χ3n) is 3.45. The molecule has 0 saturated carbocycles. The Morgan fingerprint density at radius 3 is 2.62 bits per heavy atom. The Kier molecular flexibility index (Phi) is 7.31. The van der Waals surface area contributed by atoms with Gasteiger partial charge in [-0.25, -0.2) is 13.1 Å². The Morgan fingerprint density at radius 2 is 2.00 bits per heavy atom. The molecular formula is C15H27N3O2S.